The van der Waals surface area contributed by atoms with E-state index in [-0.39, 0.29) is 11.9 Å². The first-order valence-corrected chi connectivity index (χ1v) is 8.27. The van der Waals surface area contributed by atoms with Crippen LogP contribution in [0, 0.1) is 0 Å². The van der Waals surface area contributed by atoms with E-state index in [2.05, 4.69) is 34.4 Å². The normalized spacial score (nSPS) is 11.9. The summed E-state index contributed by atoms with van der Waals surface area (Å²) in [6.45, 7) is 7.09. The molecule has 0 bridgehead atoms. The molecular weight excluding hydrogens is 272 g/mol. The number of nitrogens with zero attached hydrogens (tertiary/aromatic N) is 2. The van der Waals surface area contributed by atoms with Crippen LogP contribution in [0.4, 0.5) is 5.82 Å². The van der Waals surface area contributed by atoms with Gasteiger partial charge in [-0.25, -0.2) is 9.97 Å². The average Bonchev–Trinajstić information content (AvgIpc) is 2.46. The molecule has 0 saturated heterocycles. The molecule has 20 heavy (non-hydrogen) atoms. The van der Waals surface area contributed by atoms with Crippen LogP contribution in [0.2, 0.25) is 0 Å². The Balaban J connectivity index is 2.42. The molecule has 0 fully saturated rings. The molecule has 0 aliphatic rings. The van der Waals surface area contributed by atoms with E-state index in [4.69, 9.17) is 0 Å². The minimum atomic E-state index is -0.159. The second-order valence-corrected chi connectivity index (χ2v) is 5.97. The Labute approximate surface area is 125 Å². The van der Waals surface area contributed by atoms with E-state index in [1.165, 1.54) is 6.20 Å². The van der Waals surface area contributed by atoms with Gasteiger partial charge in [-0.05, 0) is 31.3 Å². The van der Waals surface area contributed by atoms with Crippen molar-refractivity contribution in [3.05, 3.63) is 18.1 Å². The summed E-state index contributed by atoms with van der Waals surface area (Å²) in [5.74, 6) is 2.71. The average molecular weight is 296 g/mol. The van der Waals surface area contributed by atoms with Gasteiger partial charge in [0.15, 0.2) is 0 Å². The minimum Gasteiger partial charge on any atom is -0.369 e. The van der Waals surface area contributed by atoms with Crippen LogP contribution in [0.1, 0.15) is 44.1 Å². The summed E-state index contributed by atoms with van der Waals surface area (Å²) in [4.78, 5) is 20.3. The van der Waals surface area contributed by atoms with Crippen LogP contribution in [-0.4, -0.2) is 40.0 Å². The lowest BCUT2D eigenvalue weighted by molar-refractivity contribution is 0.0934. The number of carbonyl (C=O) groups excluding carboxylic acids is 1. The third-order valence-corrected chi connectivity index (χ3v) is 3.65. The fraction of sp³-hybridized carbons (Fsp3) is 0.643. The molecule has 1 aromatic rings. The maximum Gasteiger partial charge on any atom is 0.271 e. The fourth-order valence-corrected chi connectivity index (χ4v) is 2.37. The predicted octanol–water partition coefficient (Wildman–Crippen LogP) is 2.56. The van der Waals surface area contributed by atoms with E-state index in [1.54, 1.807) is 6.20 Å². The molecule has 5 nitrogen and oxygen atoms in total. The molecule has 112 valence electrons. The minimum absolute atomic E-state index is 0.154. The summed E-state index contributed by atoms with van der Waals surface area (Å²) < 4.78 is 0. The monoisotopic (exact) mass is 296 g/mol. The highest BCUT2D eigenvalue weighted by molar-refractivity contribution is 7.99. The molecule has 0 aliphatic carbocycles. The standard InChI is InChI=1S/C14H24N4OS/c1-4-7-15-13-10-16-12(9-17-13)14(19)18-11(3)6-8-20-5-2/h9-11H,4-8H2,1-3H3,(H,15,17)(H,18,19). The summed E-state index contributed by atoms with van der Waals surface area (Å²) in [7, 11) is 0. The van der Waals surface area contributed by atoms with Gasteiger partial charge in [0.25, 0.3) is 5.91 Å². The largest absolute Gasteiger partial charge is 0.369 e. The van der Waals surface area contributed by atoms with Crippen molar-refractivity contribution in [1.29, 1.82) is 0 Å². The molecule has 1 heterocycles. The Morgan fingerprint density at radius 2 is 2.15 bits per heavy atom. The summed E-state index contributed by atoms with van der Waals surface area (Å²) in [5, 5.41) is 6.07. The van der Waals surface area contributed by atoms with E-state index in [0.29, 0.717) is 11.5 Å². The summed E-state index contributed by atoms with van der Waals surface area (Å²) in [5.41, 5.74) is 0.363. The van der Waals surface area contributed by atoms with Crippen molar-refractivity contribution in [2.75, 3.05) is 23.4 Å². The van der Waals surface area contributed by atoms with E-state index in [1.807, 2.05) is 18.7 Å². The highest BCUT2D eigenvalue weighted by Crippen LogP contribution is 2.05. The zero-order valence-electron chi connectivity index (χ0n) is 12.5. The van der Waals surface area contributed by atoms with Crippen LogP contribution < -0.4 is 10.6 Å². The Morgan fingerprint density at radius 1 is 1.35 bits per heavy atom. The quantitative estimate of drug-likeness (QED) is 0.686. The number of anilines is 1. The topological polar surface area (TPSA) is 66.9 Å². The Morgan fingerprint density at radius 3 is 2.75 bits per heavy atom. The van der Waals surface area contributed by atoms with Crippen LogP contribution in [0.3, 0.4) is 0 Å². The molecule has 0 aliphatic heterocycles. The first-order valence-electron chi connectivity index (χ1n) is 7.11. The molecule has 2 N–H and O–H groups in total. The van der Waals surface area contributed by atoms with Gasteiger partial charge < -0.3 is 10.6 Å². The van der Waals surface area contributed by atoms with Crippen LogP contribution in [0.15, 0.2) is 12.4 Å². The van der Waals surface area contributed by atoms with E-state index in [0.717, 1.165) is 30.9 Å². The third-order valence-electron chi connectivity index (χ3n) is 2.72. The lowest BCUT2D eigenvalue weighted by Crippen LogP contribution is -2.33. The molecule has 0 aromatic carbocycles. The molecule has 1 unspecified atom stereocenters. The molecule has 0 radical (unpaired) electrons. The lowest BCUT2D eigenvalue weighted by Gasteiger charge is -2.13. The van der Waals surface area contributed by atoms with Crippen molar-refractivity contribution < 1.29 is 4.79 Å². The lowest BCUT2D eigenvalue weighted by atomic mass is 10.2. The first-order chi connectivity index (χ1) is 9.67. The van der Waals surface area contributed by atoms with Gasteiger partial charge in [-0.2, -0.15) is 11.8 Å². The van der Waals surface area contributed by atoms with Gasteiger partial charge in [0.2, 0.25) is 0 Å². The molecule has 1 amide bonds. The van der Waals surface area contributed by atoms with Crippen molar-refractivity contribution in [1.82, 2.24) is 15.3 Å². The summed E-state index contributed by atoms with van der Waals surface area (Å²) in [6, 6.07) is 0.154. The third kappa shape index (κ3) is 6.23. The van der Waals surface area contributed by atoms with Crippen molar-refractivity contribution >= 4 is 23.5 Å². The number of rotatable bonds is 9. The summed E-state index contributed by atoms with van der Waals surface area (Å²) >= 11 is 1.88. The number of thioether (sulfide) groups is 1. The van der Waals surface area contributed by atoms with Gasteiger partial charge in [-0.15, -0.1) is 0 Å². The highest BCUT2D eigenvalue weighted by Gasteiger charge is 2.11. The van der Waals surface area contributed by atoms with Crippen LogP contribution in [0.25, 0.3) is 0 Å². The van der Waals surface area contributed by atoms with Gasteiger partial charge in [-0.1, -0.05) is 13.8 Å². The van der Waals surface area contributed by atoms with Gasteiger partial charge >= 0.3 is 0 Å². The van der Waals surface area contributed by atoms with Crippen molar-refractivity contribution in [2.45, 2.75) is 39.7 Å². The van der Waals surface area contributed by atoms with Gasteiger partial charge in [-0.3, -0.25) is 4.79 Å². The molecule has 6 heteroatoms. The SMILES string of the molecule is CCCNc1cnc(C(=O)NC(C)CCSCC)cn1. The first kappa shape index (κ1) is 16.8. The Hall–Kier alpha value is -1.30. The Bertz CT molecular complexity index is 397. The van der Waals surface area contributed by atoms with Gasteiger partial charge in [0, 0.05) is 12.6 Å². The molecule has 1 aromatic heterocycles. The smallest absolute Gasteiger partial charge is 0.271 e. The zero-order valence-corrected chi connectivity index (χ0v) is 13.3. The van der Waals surface area contributed by atoms with E-state index < -0.39 is 0 Å². The highest BCUT2D eigenvalue weighted by atomic mass is 32.2. The van der Waals surface area contributed by atoms with Crippen LogP contribution >= 0.6 is 11.8 Å². The molecule has 0 saturated carbocycles. The predicted molar refractivity (Wildman–Crippen MR) is 85.4 cm³/mol. The zero-order chi connectivity index (χ0) is 14.8. The fourth-order valence-electron chi connectivity index (χ4n) is 1.56. The number of carbonyl (C=O) groups is 1. The molecular formula is C14H24N4OS. The molecule has 0 spiro atoms. The number of nitrogens with one attached hydrogen (secondary N) is 2. The van der Waals surface area contributed by atoms with Crippen LogP contribution in [0.5, 0.6) is 0 Å². The number of hydrogen-bond donors (Lipinski definition) is 2. The van der Waals surface area contributed by atoms with Crippen molar-refractivity contribution in [2.24, 2.45) is 0 Å². The number of amides is 1. The second-order valence-electron chi connectivity index (χ2n) is 4.57. The van der Waals surface area contributed by atoms with Gasteiger partial charge in [0.05, 0.1) is 12.4 Å². The Kier molecular flexibility index (Phi) is 8.02. The van der Waals surface area contributed by atoms with Crippen LogP contribution in [-0.2, 0) is 0 Å². The van der Waals surface area contributed by atoms with Gasteiger partial charge in [0.1, 0.15) is 11.5 Å². The number of hydrogen-bond acceptors (Lipinski definition) is 5. The molecule has 1 atom stereocenters. The maximum absolute atomic E-state index is 12.0. The maximum atomic E-state index is 12.0. The van der Waals surface area contributed by atoms with Crippen molar-refractivity contribution in [3.8, 4) is 0 Å². The molecule has 1 rings (SSSR count). The summed E-state index contributed by atoms with van der Waals surface area (Å²) in [6.07, 6.45) is 5.11. The van der Waals surface area contributed by atoms with E-state index in [9.17, 15) is 4.79 Å². The second kappa shape index (κ2) is 9.58. The van der Waals surface area contributed by atoms with Crippen molar-refractivity contribution in [3.63, 3.8) is 0 Å². The van der Waals surface area contributed by atoms with E-state index >= 15 is 0 Å². The number of aromatic nitrogens is 2.